The van der Waals surface area contributed by atoms with E-state index in [9.17, 15) is 4.79 Å². The van der Waals surface area contributed by atoms with E-state index in [0.717, 1.165) is 34.5 Å². The number of furan rings is 1. The molecular formula is C23H23N5O2. The quantitative estimate of drug-likeness (QED) is 0.523. The van der Waals surface area contributed by atoms with Crippen LogP contribution in [0.4, 0.5) is 11.5 Å². The highest BCUT2D eigenvalue weighted by Crippen LogP contribution is 2.34. The monoisotopic (exact) mass is 401 g/mol. The number of nitrogens with zero attached hydrogens (tertiary/aromatic N) is 4. The molecule has 30 heavy (non-hydrogen) atoms. The van der Waals surface area contributed by atoms with Crippen molar-refractivity contribution in [3.8, 4) is 12.3 Å². The van der Waals surface area contributed by atoms with Gasteiger partial charge in [0, 0.05) is 36.0 Å². The Morgan fingerprint density at radius 1 is 1.40 bits per heavy atom. The van der Waals surface area contributed by atoms with E-state index in [-0.39, 0.29) is 5.91 Å². The Kier molecular flexibility index (Phi) is 5.50. The highest BCUT2D eigenvalue weighted by molar-refractivity contribution is 5.93. The van der Waals surface area contributed by atoms with E-state index in [1.807, 2.05) is 49.3 Å². The molecule has 0 atom stereocenters. The lowest BCUT2D eigenvalue weighted by atomic mass is 10.0. The molecule has 1 aliphatic rings. The minimum atomic E-state index is -0.0153. The van der Waals surface area contributed by atoms with Gasteiger partial charge in [-0.1, -0.05) is 18.1 Å². The summed E-state index contributed by atoms with van der Waals surface area (Å²) in [7, 11) is 3.93. The topological polar surface area (TPSA) is 74.5 Å². The highest BCUT2D eigenvalue weighted by Gasteiger charge is 2.27. The third kappa shape index (κ3) is 4.04. The van der Waals surface area contributed by atoms with Gasteiger partial charge in [0.05, 0.1) is 11.9 Å². The number of benzene rings is 1. The van der Waals surface area contributed by atoms with Gasteiger partial charge in [-0.3, -0.25) is 4.79 Å². The highest BCUT2D eigenvalue weighted by atomic mass is 16.3. The number of fused-ring (bicyclic) bond motifs is 3. The Hall–Kier alpha value is -3.63. The van der Waals surface area contributed by atoms with Crippen molar-refractivity contribution in [1.29, 1.82) is 0 Å². The molecule has 0 saturated carbocycles. The van der Waals surface area contributed by atoms with Crippen molar-refractivity contribution in [3.05, 3.63) is 59.6 Å². The predicted octanol–water partition coefficient (Wildman–Crippen LogP) is 2.95. The Bertz CT molecular complexity index is 1160. The van der Waals surface area contributed by atoms with Gasteiger partial charge in [-0.05, 0) is 38.7 Å². The molecule has 2 aromatic heterocycles. The van der Waals surface area contributed by atoms with E-state index in [4.69, 9.17) is 10.8 Å². The van der Waals surface area contributed by atoms with Crippen LogP contribution in [-0.2, 0) is 17.8 Å². The van der Waals surface area contributed by atoms with Crippen molar-refractivity contribution in [3.63, 3.8) is 0 Å². The van der Waals surface area contributed by atoms with Gasteiger partial charge in [-0.25, -0.2) is 9.97 Å². The number of aromatic nitrogens is 2. The van der Waals surface area contributed by atoms with Crippen LogP contribution < -0.4 is 5.32 Å². The van der Waals surface area contributed by atoms with Gasteiger partial charge in [-0.15, -0.1) is 6.42 Å². The molecule has 1 amide bonds. The number of hydrogen-bond acceptors (Lipinski definition) is 6. The SMILES string of the molecule is C#Cc1cccc(Nc2ncnc3oc4c(c23)CCN(C(=O)C=CCN(C)C)C4)c1. The number of carbonyl (C=O) groups is 1. The largest absolute Gasteiger partial charge is 0.440 e. The van der Waals surface area contributed by atoms with Crippen LogP contribution in [0.2, 0.25) is 0 Å². The van der Waals surface area contributed by atoms with E-state index in [2.05, 4.69) is 21.2 Å². The van der Waals surface area contributed by atoms with Crippen LogP contribution in [0.25, 0.3) is 11.1 Å². The van der Waals surface area contributed by atoms with Crippen LogP contribution in [0.1, 0.15) is 16.9 Å². The molecule has 0 aliphatic carbocycles. The normalized spacial score (nSPS) is 13.6. The fourth-order valence-corrected chi connectivity index (χ4v) is 3.50. The van der Waals surface area contributed by atoms with Crippen LogP contribution in [-0.4, -0.2) is 52.9 Å². The van der Waals surface area contributed by atoms with Crippen molar-refractivity contribution in [2.75, 3.05) is 32.5 Å². The number of anilines is 2. The summed E-state index contributed by atoms with van der Waals surface area (Å²) in [5.41, 5.74) is 3.20. The van der Waals surface area contributed by atoms with Crippen LogP contribution in [0, 0.1) is 12.3 Å². The second-order valence-corrected chi connectivity index (χ2v) is 7.43. The minimum absolute atomic E-state index is 0.0153. The van der Waals surface area contributed by atoms with Crippen molar-refractivity contribution >= 4 is 28.5 Å². The summed E-state index contributed by atoms with van der Waals surface area (Å²) in [4.78, 5) is 25.0. The lowest BCUT2D eigenvalue weighted by Crippen LogP contribution is -2.34. The molecule has 0 radical (unpaired) electrons. The second-order valence-electron chi connectivity index (χ2n) is 7.43. The zero-order valence-corrected chi connectivity index (χ0v) is 17.1. The van der Waals surface area contributed by atoms with E-state index in [0.29, 0.717) is 31.0 Å². The average molecular weight is 401 g/mol. The molecule has 0 saturated heterocycles. The van der Waals surface area contributed by atoms with Gasteiger partial charge in [0.1, 0.15) is 17.9 Å². The predicted molar refractivity (Wildman–Crippen MR) is 116 cm³/mol. The van der Waals surface area contributed by atoms with Crippen molar-refractivity contribution in [2.24, 2.45) is 0 Å². The molecule has 1 N–H and O–H groups in total. The fraction of sp³-hybridized carbons (Fsp3) is 0.261. The third-order valence-corrected chi connectivity index (χ3v) is 4.97. The van der Waals surface area contributed by atoms with Gasteiger partial charge in [0.25, 0.3) is 0 Å². The molecule has 3 heterocycles. The molecular weight excluding hydrogens is 378 g/mol. The number of nitrogens with one attached hydrogen (secondary N) is 1. The maximum absolute atomic E-state index is 12.5. The van der Waals surface area contributed by atoms with E-state index in [1.54, 1.807) is 11.0 Å². The second kappa shape index (κ2) is 8.39. The van der Waals surface area contributed by atoms with E-state index in [1.165, 1.54) is 6.33 Å². The van der Waals surface area contributed by atoms with Crippen molar-refractivity contribution in [2.45, 2.75) is 13.0 Å². The molecule has 0 unspecified atom stereocenters. The molecule has 1 aliphatic heterocycles. The molecule has 0 fully saturated rings. The summed E-state index contributed by atoms with van der Waals surface area (Å²) in [6.45, 7) is 1.76. The molecule has 1 aromatic carbocycles. The Labute approximate surface area is 175 Å². The van der Waals surface area contributed by atoms with Crippen molar-refractivity contribution < 1.29 is 9.21 Å². The number of amides is 1. The van der Waals surface area contributed by atoms with Crippen LogP contribution in [0.3, 0.4) is 0 Å². The lowest BCUT2D eigenvalue weighted by molar-refractivity contribution is -0.127. The minimum Gasteiger partial charge on any atom is -0.440 e. The first-order chi connectivity index (χ1) is 14.5. The fourth-order valence-electron chi connectivity index (χ4n) is 3.50. The first-order valence-electron chi connectivity index (χ1n) is 9.74. The summed E-state index contributed by atoms with van der Waals surface area (Å²) in [6, 6.07) is 7.59. The van der Waals surface area contributed by atoms with Crippen molar-refractivity contribution in [1.82, 2.24) is 19.8 Å². The number of carbonyl (C=O) groups excluding carboxylic acids is 1. The lowest BCUT2D eigenvalue weighted by Gasteiger charge is -2.25. The standard InChI is InChI=1S/C23H23N5O2/c1-4-16-7-5-8-17(13-16)26-22-21-18-10-12-28(20(29)9-6-11-27(2)3)14-19(18)30-23(21)25-15-24-22/h1,5-9,13,15H,10-12,14H2,2-3H3,(H,24,25,26). The van der Waals surface area contributed by atoms with E-state index >= 15 is 0 Å². The molecule has 0 bridgehead atoms. The zero-order valence-electron chi connectivity index (χ0n) is 17.1. The molecule has 7 nitrogen and oxygen atoms in total. The number of rotatable bonds is 5. The number of likely N-dealkylation sites (N-methyl/N-ethyl adjacent to an activating group) is 1. The third-order valence-electron chi connectivity index (χ3n) is 4.97. The number of terminal acetylenes is 1. The van der Waals surface area contributed by atoms with Crippen LogP contribution >= 0.6 is 0 Å². The average Bonchev–Trinajstić information content (AvgIpc) is 3.12. The van der Waals surface area contributed by atoms with Gasteiger partial charge in [0.15, 0.2) is 0 Å². The van der Waals surface area contributed by atoms with Gasteiger partial charge < -0.3 is 19.5 Å². The summed E-state index contributed by atoms with van der Waals surface area (Å²) < 4.78 is 5.99. The first kappa shape index (κ1) is 19.7. The Balaban J connectivity index is 1.59. The van der Waals surface area contributed by atoms with E-state index < -0.39 is 0 Å². The molecule has 3 aromatic rings. The number of hydrogen-bond donors (Lipinski definition) is 1. The summed E-state index contributed by atoms with van der Waals surface area (Å²) in [5, 5.41) is 4.18. The molecule has 152 valence electrons. The van der Waals surface area contributed by atoms with Crippen LogP contribution in [0.15, 0.2) is 47.2 Å². The zero-order chi connectivity index (χ0) is 21.1. The van der Waals surface area contributed by atoms with Gasteiger partial charge in [0.2, 0.25) is 11.6 Å². The Morgan fingerprint density at radius 3 is 3.07 bits per heavy atom. The molecule has 7 heteroatoms. The summed E-state index contributed by atoms with van der Waals surface area (Å²) in [5.74, 6) is 4.05. The maximum atomic E-state index is 12.5. The molecule has 0 spiro atoms. The summed E-state index contributed by atoms with van der Waals surface area (Å²) >= 11 is 0. The Morgan fingerprint density at radius 2 is 2.27 bits per heavy atom. The van der Waals surface area contributed by atoms with Crippen LogP contribution in [0.5, 0.6) is 0 Å². The first-order valence-corrected chi connectivity index (χ1v) is 9.74. The summed E-state index contributed by atoms with van der Waals surface area (Å²) in [6.07, 6.45) is 11.1. The molecule has 4 rings (SSSR count). The van der Waals surface area contributed by atoms with Gasteiger partial charge in [-0.2, -0.15) is 0 Å². The maximum Gasteiger partial charge on any atom is 0.246 e. The smallest absolute Gasteiger partial charge is 0.246 e. The van der Waals surface area contributed by atoms with Gasteiger partial charge >= 0.3 is 0 Å².